The van der Waals surface area contributed by atoms with E-state index in [1.165, 1.54) is 11.3 Å². The molecule has 2 heterocycles. The highest BCUT2D eigenvalue weighted by Gasteiger charge is 2.09. The van der Waals surface area contributed by atoms with Gasteiger partial charge in [0.25, 0.3) is 5.91 Å². The van der Waals surface area contributed by atoms with Gasteiger partial charge in [0.2, 0.25) is 5.91 Å². The van der Waals surface area contributed by atoms with Crippen molar-refractivity contribution in [3.63, 3.8) is 0 Å². The van der Waals surface area contributed by atoms with Crippen molar-refractivity contribution in [3.05, 3.63) is 40.1 Å². The number of aromatic amines is 1. The molecular weight excluding hydrogens is 264 g/mol. The Kier molecular flexibility index (Phi) is 4.30. The molecule has 0 aliphatic heterocycles. The fraction of sp³-hybridized carbons (Fsp3) is 0.250. The predicted octanol–water partition coefficient (Wildman–Crippen LogP) is 0.826. The van der Waals surface area contributed by atoms with Gasteiger partial charge < -0.3 is 15.6 Å². The standard InChI is InChI=1S/C12H14N4O2S/c1-8-2-3-9(19-8)12(18)16-7-11(17)15-6-10-13-4-5-14-10/h2-5H,6-7H2,1H3,(H,13,14)(H,15,17)(H,16,18). The molecule has 2 amide bonds. The average Bonchev–Trinajstić information content (AvgIpc) is 3.04. The Morgan fingerprint density at radius 3 is 2.84 bits per heavy atom. The lowest BCUT2D eigenvalue weighted by atomic mass is 10.4. The summed E-state index contributed by atoms with van der Waals surface area (Å²) in [5.74, 6) is 0.192. The molecule has 0 atom stereocenters. The number of H-pyrrole nitrogens is 1. The zero-order valence-electron chi connectivity index (χ0n) is 10.4. The van der Waals surface area contributed by atoms with Crippen molar-refractivity contribution >= 4 is 23.2 Å². The summed E-state index contributed by atoms with van der Waals surface area (Å²) < 4.78 is 0. The van der Waals surface area contributed by atoms with Crippen LogP contribution in [0.1, 0.15) is 20.4 Å². The molecule has 0 aromatic carbocycles. The summed E-state index contributed by atoms with van der Waals surface area (Å²) in [6, 6.07) is 3.62. The number of aryl methyl sites for hydroxylation is 1. The molecule has 0 radical (unpaired) electrons. The number of thiophene rings is 1. The summed E-state index contributed by atoms with van der Waals surface area (Å²) in [6.07, 6.45) is 3.30. The molecule has 19 heavy (non-hydrogen) atoms. The minimum atomic E-state index is -0.252. The van der Waals surface area contributed by atoms with Crippen molar-refractivity contribution in [2.75, 3.05) is 6.54 Å². The number of aromatic nitrogens is 2. The van der Waals surface area contributed by atoms with Crippen LogP contribution in [-0.4, -0.2) is 28.3 Å². The van der Waals surface area contributed by atoms with E-state index in [1.54, 1.807) is 18.5 Å². The van der Waals surface area contributed by atoms with Crippen LogP contribution in [0.15, 0.2) is 24.5 Å². The van der Waals surface area contributed by atoms with Crippen LogP contribution >= 0.6 is 11.3 Å². The maximum absolute atomic E-state index is 11.7. The molecule has 0 bridgehead atoms. The first-order valence-corrected chi connectivity index (χ1v) is 6.56. The van der Waals surface area contributed by atoms with Gasteiger partial charge in [0.05, 0.1) is 18.0 Å². The SMILES string of the molecule is Cc1ccc(C(=O)NCC(=O)NCc2ncc[nH]2)s1. The first-order chi connectivity index (χ1) is 9.15. The summed E-state index contributed by atoms with van der Waals surface area (Å²) in [5.41, 5.74) is 0. The van der Waals surface area contributed by atoms with Gasteiger partial charge in [0, 0.05) is 17.3 Å². The topological polar surface area (TPSA) is 86.9 Å². The third-order valence-electron chi connectivity index (χ3n) is 2.38. The van der Waals surface area contributed by atoms with E-state index < -0.39 is 0 Å². The monoisotopic (exact) mass is 278 g/mol. The number of carbonyl (C=O) groups excluding carboxylic acids is 2. The van der Waals surface area contributed by atoms with Crippen LogP contribution in [0, 0.1) is 6.92 Å². The Balaban J connectivity index is 1.73. The smallest absolute Gasteiger partial charge is 0.261 e. The molecule has 0 aliphatic rings. The van der Waals surface area contributed by atoms with E-state index in [4.69, 9.17) is 0 Å². The molecule has 7 heteroatoms. The molecule has 0 saturated carbocycles. The Morgan fingerprint density at radius 1 is 1.37 bits per heavy atom. The second-order valence-corrected chi connectivity index (χ2v) is 5.19. The predicted molar refractivity (Wildman–Crippen MR) is 71.8 cm³/mol. The minimum absolute atomic E-state index is 0.0451. The number of amides is 2. The van der Waals surface area contributed by atoms with Crippen molar-refractivity contribution in [1.82, 2.24) is 20.6 Å². The molecule has 100 valence electrons. The fourth-order valence-electron chi connectivity index (χ4n) is 1.44. The van der Waals surface area contributed by atoms with E-state index in [0.29, 0.717) is 17.2 Å². The van der Waals surface area contributed by atoms with Crippen LogP contribution in [0.4, 0.5) is 0 Å². The molecular formula is C12H14N4O2S. The highest BCUT2D eigenvalue weighted by Crippen LogP contribution is 2.14. The van der Waals surface area contributed by atoms with E-state index >= 15 is 0 Å². The fourth-order valence-corrected chi connectivity index (χ4v) is 2.23. The summed E-state index contributed by atoms with van der Waals surface area (Å²) >= 11 is 1.40. The van der Waals surface area contributed by atoms with Gasteiger partial charge in [-0.05, 0) is 19.1 Å². The zero-order chi connectivity index (χ0) is 13.7. The number of nitrogens with one attached hydrogen (secondary N) is 3. The molecule has 2 aromatic heterocycles. The maximum Gasteiger partial charge on any atom is 0.261 e. The van der Waals surface area contributed by atoms with Crippen LogP contribution in [0.25, 0.3) is 0 Å². The average molecular weight is 278 g/mol. The van der Waals surface area contributed by atoms with Gasteiger partial charge in [-0.2, -0.15) is 0 Å². The third-order valence-corrected chi connectivity index (χ3v) is 3.38. The minimum Gasteiger partial charge on any atom is -0.347 e. The molecule has 6 nitrogen and oxygen atoms in total. The van der Waals surface area contributed by atoms with Gasteiger partial charge in [-0.25, -0.2) is 4.98 Å². The molecule has 0 fully saturated rings. The largest absolute Gasteiger partial charge is 0.347 e. The Hall–Kier alpha value is -2.15. The van der Waals surface area contributed by atoms with E-state index in [1.807, 2.05) is 13.0 Å². The number of rotatable bonds is 5. The van der Waals surface area contributed by atoms with Crippen LogP contribution < -0.4 is 10.6 Å². The van der Waals surface area contributed by atoms with Crippen molar-refractivity contribution in [2.45, 2.75) is 13.5 Å². The third kappa shape index (κ3) is 3.92. The molecule has 0 spiro atoms. The van der Waals surface area contributed by atoms with E-state index in [0.717, 1.165) is 4.88 Å². The normalized spacial score (nSPS) is 10.2. The lowest BCUT2D eigenvalue weighted by Crippen LogP contribution is -2.36. The van der Waals surface area contributed by atoms with Crippen molar-refractivity contribution < 1.29 is 9.59 Å². The van der Waals surface area contributed by atoms with Crippen LogP contribution in [0.2, 0.25) is 0 Å². The van der Waals surface area contributed by atoms with E-state index in [2.05, 4.69) is 20.6 Å². The van der Waals surface area contributed by atoms with Gasteiger partial charge in [-0.15, -0.1) is 11.3 Å². The zero-order valence-corrected chi connectivity index (χ0v) is 11.2. The Morgan fingerprint density at radius 2 is 2.21 bits per heavy atom. The lowest BCUT2D eigenvalue weighted by molar-refractivity contribution is -0.120. The Bertz CT molecular complexity index is 562. The van der Waals surface area contributed by atoms with Gasteiger partial charge in [0.1, 0.15) is 5.82 Å². The quantitative estimate of drug-likeness (QED) is 0.757. The highest BCUT2D eigenvalue weighted by atomic mass is 32.1. The molecule has 2 aromatic rings. The lowest BCUT2D eigenvalue weighted by Gasteiger charge is -2.04. The second kappa shape index (κ2) is 6.14. The van der Waals surface area contributed by atoms with Crippen LogP contribution in [0.3, 0.4) is 0 Å². The van der Waals surface area contributed by atoms with E-state index in [9.17, 15) is 9.59 Å². The maximum atomic E-state index is 11.7. The molecule has 3 N–H and O–H groups in total. The summed E-state index contributed by atoms with van der Waals surface area (Å²) in [7, 11) is 0. The summed E-state index contributed by atoms with van der Waals surface area (Å²) in [5, 5.41) is 5.22. The number of carbonyl (C=O) groups is 2. The van der Waals surface area contributed by atoms with Crippen molar-refractivity contribution in [3.8, 4) is 0 Å². The van der Waals surface area contributed by atoms with Gasteiger partial charge in [0.15, 0.2) is 0 Å². The van der Waals surface area contributed by atoms with E-state index in [-0.39, 0.29) is 18.4 Å². The number of imidazole rings is 1. The molecule has 0 unspecified atom stereocenters. The molecule has 0 saturated heterocycles. The molecule has 2 rings (SSSR count). The first-order valence-electron chi connectivity index (χ1n) is 5.75. The van der Waals surface area contributed by atoms with Gasteiger partial charge >= 0.3 is 0 Å². The van der Waals surface area contributed by atoms with Crippen LogP contribution in [-0.2, 0) is 11.3 Å². The Labute approximate surface area is 114 Å². The van der Waals surface area contributed by atoms with Gasteiger partial charge in [-0.3, -0.25) is 9.59 Å². The first kappa shape index (κ1) is 13.3. The second-order valence-electron chi connectivity index (χ2n) is 3.91. The molecule has 0 aliphatic carbocycles. The number of nitrogens with zero attached hydrogens (tertiary/aromatic N) is 1. The summed E-state index contributed by atoms with van der Waals surface area (Å²) in [4.78, 5) is 31.7. The number of hydrogen-bond donors (Lipinski definition) is 3. The van der Waals surface area contributed by atoms with Crippen LogP contribution in [0.5, 0.6) is 0 Å². The number of hydrogen-bond acceptors (Lipinski definition) is 4. The van der Waals surface area contributed by atoms with Crippen molar-refractivity contribution in [1.29, 1.82) is 0 Å². The van der Waals surface area contributed by atoms with Gasteiger partial charge in [-0.1, -0.05) is 0 Å². The highest BCUT2D eigenvalue weighted by molar-refractivity contribution is 7.13. The van der Waals surface area contributed by atoms with Crippen molar-refractivity contribution in [2.24, 2.45) is 0 Å². The summed E-state index contributed by atoms with van der Waals surface area (Å²) in [6.45, 7) is 2.20.